The molecule has 0 saturated heterocycles. The Morgan fingerprint density at radius 1 is 0.909 bits per heavy atom. The van der Waals surface area contributed by atoms with E-state index in [1.807, 2.05) is 0 Å². The molecule has 0 aliphatic heterocycles. The summed E-state index contributed by atoms with van der Waals surface area (Å²) in [4.78, 5) is 20.1. The molecule has 0 saturated carbocycles. The fourth-order valence-electron chi connectivity index (χ4n) is 1.87. The van der Waals surface area contributed by atoms with Crippen LogP contribution in [0.1, 0.15) is 5.56 Å². The Bertz CT molecular complexity index is 833. The van der Waals surface area contributed by atoms with Crippen molar-refractivity contribution in [2.45, 2.75) is 10.6 Å². The highest BCUT2D eigenvalue weighted by Gasteiger charge is 2.24. The van der Waals surface area contributed by atoms with Crippen molar-refractivity contribution in [2.75, 3.05) is 0 Å². The van der Waals surface area contributed by atoms with E-state index in [9.17, 15) is 28.6 Å². The molecule has 0 bridgehead atoms. The average molecular weight is 322 g/mol. The maximum atomic E-state index is 12.2. The van der Waals surface area contributed by atoms with E-state index in [1.54, 1.807) is 6.07 Å². The Balaban J connectivity index is 2.45. The number of benzene rings is 2. The van der Waals surface area contributed by atoms with Gasteiger partial charge in [0.15, 0.2) is 9.84 Å². The Kier molecular flexibility index (Phi) is 4.18. The summed E-state index contributed by atoms with van der Waals surface area (Å²) in [7, 11) is -3.78. The largest absolute Gasteiger partial charge is 0.280 e. The van der Waals surface area contributed by atoms with Crippen molar-refractivity contribution < 1.29 is 18.3 Å². The van der Waals surface area contributed by atoms with Gasteiger partial charge in [-0.2, -0.15) is 0 Å². The summed E-state index contributed by atoms with van der Waals surface area (Å²) >= 11 is 0. The first kappa shape index (κ1) is 15.6. The van der Waals surface area contributed by atoms with E-state index >= 15 is 0 Å². The van der Waals surface area contributed by atoms with Crippen LogP contribution in [0.15, 0.2) is 53.4 Å². The fraction of sp³-hybridized carbons (Fsp3) is 0.0769. The van der Waals surface area contributed by atoms with E-state index in [0.29, 0.717) is 0 Å². The highest BCUT2D eigenvalue weighted by Crippen LogP contribution is 2.27. The zero-order chi connectivity index (χ0) is 16.3. The Morgan fingerprint density at radius 2 is 1.55 bits per heavy atom. The number of nitro groups is 2. The molecule has 0 aliphatic rings. The Hall–Kier alpha value is -2.81. The summed E-state index contributed by atoms with van der Waals surface area (Å²) in [5.74, 6) is -0.606. The molecule has 114 valence electrons. The van der Waals surface area contributed by atoms with Crippen LogP contribution in [0.5, 0.6) is 0 Å². The minimum absolute atomic E-state index is 0.0302. The molecule has 0 radical (unpaired) electrons. The number of hydrogen-bond acceptors (Lipinski definition) is 6. The molecule has 2 aromatic carbocycles. The maximum absolute atomic E-state index is 12.2. The molecule has 2 aromatic rings. The van der Waals surface area contributed by atoms with E-state index in [4.69, 9.17) is 0 Å². The second kappa shape index (κ2) is 5.90. The number of hydrogen-bond donors (Lipinski definition) is 0. The third kappa shape index (κ3) is 3.26. The van der Waals surface area contributed by atoms with Crippen molar-refractivity contribution >= 4 is 21.2 Å². The van der Waals surface area contributed by atoms with Gasteiger partial charge in [-0.25, -0.2) is 8.42 Å². The normalized spacial score (nSPS) is 11.1. The molecular formula is C13H10N2O6S. The van der Waals surface area contributed by atoms with Crippen molar-refractivity contribution in [3.05, 3.63) is 74.3 Å². The summed E-state index contributed by atoms with van der Waals surface area (Å²) in [5.41, 5.74) is -1.15. The molecule has 22 heavy (non-hydrogen) atoms. The standard InChI is InChI=1S/C13H10N2O6S/c16-14(17)11-7-6-10(13(8-11)15(18)19)9-22(20,21)12-4-2-1-3-5-12/h1-8H,9H2. The Labute approximate surface area is 125 Å². The summed E-state index contributed by atoms with van der Waals surface area (Å²) < 4.78 is 24.5. The number of sulfone groups is 1. The second-order valence-corrected chi connectivity index (χ2v) is 6.39. The SMILES string of the molecule is O=[N+]([O-])c1ccc(CS(=O)(=O)c2ccccc2)c([N+](=O)[O-])c1. The lowest BCUT2D eigenvalue weighted by molar-refractivity contribution is -0.394. The van der Waals surface area contributed by atoms with E-state index in [0.717, 1.165) is 18.2 Å². The minimum atomic E-state index is -3.78. The Morgan fingerprint density at radius 3 is 2.09 bits per heavy atom. The van der Waals surface area contributed by atoms with Gasteiger partial charge in [-0.05, 0) is 18.2 Å². The van der Waals surface area contributed by atoms with Gasteiger partial charge in [0.25, 0.3) is 11.4 Å². The molecule has 0 aliphatic carbocycles. The second-order valence-electron chi connectivity index (χ2n) is 4.40. The van der Waals surface area contributed by atoms with Crippen LogP contribution in [0.4, 0.5) is 11.4 Å². The lowest BCUT2D eigenvalue weighted by Gasteiger charge is -2.05. The van der Waals surface area contributed by atoms with Gasteiger partial charge in [-0.15, -0.1) is 0 Å². The molecule has 0 aromatic heterocycles. The van der Waals surface area contributed by atoms with Gasteiger partial charge in [0, 0.05) is 11.6 Å². The molecule has 2 rings (SSSR count). The highest BCUT2D eigenvalue weighted by atomic mass is 32.2. The van der Waals surface area contributed by atoms with Crippen molar-refractivity contribution in [2.24, 2.45) is 0 Å². The first-order chi connectivity index (χ1) is 10.3. The molecule has 9 heteroatoms. The van der Waals surface area contributed by atoms with Crippen LogP contribution in [0.2, 0.25) is 0 Å². The number of non-ortho nitro benzene ring substituents is 1. The molecule has 0 amide bonds. The van der Waals surface area contributed by atoms with Crippen LogP contribution >= 0.6 is 0 Å². The van der Waals surface area contributed by atoms with E-state index in [-0.39, 0.29) is 10.5 Å². The molecule has 0 unspecified atom stereocenters. The molecule has 0 heterocycles. The molecule has 0 spiro atoms. The number of nitro benzene ring substituents is 2. The van der Waals surface area contributed by atoms with Gasteiger partial charge >= 0.3 is 0 Å². The van der Waals surface area contributed by atoms with Crippen LogP contribution in [0.25, 0.3) is 0 Å². The van der Waals surface area contributed by atoms with E-state index in [2.05, 4.69) is 0 Å². The lowest BCUT2D eigenvalue weighted by atomic mass is 10.2. The molecule has 0 N–H and O–H groups in total. The predicted molar refractivity (Wildman–Crippen MR) is 77.1 cm³/mol. The topological polar surface area (TPSA) is 120 Å². The van der Waals surface area contributed by atoms with Crippen LogP contribution in [0, 0.1) is 20.2 Å². The smallest absolute Gasteiger partial charge is 0.258 e. The molecule has 8 nitrogen and oxygen atoms in total. The lowest BCUT2D eigenvalue weighted by Crippen LogP contribution is -2.07. The molecule has 0 atom stereocenters. The van der Waals surface area contributed by atoms with E-state index < -0.39 is 36.8 Å². The van der Waals surface area contributed by atoms with Gasteiger partial charge in [-0.1, -0.05) is 18.2 Å². The van der Waals surface area contributed by atoms with Crippen LogP contribution in [-0.2, 0) is 15.6 Å². The van der Waals surface area contributed by atoms with Crippen molar-refractivity contribution in [1.82, 2.24) is 0 Å². The van der Waals surface area contributed by atoms with Crippen LogP contribution in [0.3, 0.4) is 0 Å². The first-order valence-corrected chi connectivity index (χ1v) is 7.66. The average Bonchev–Trinajstić information content (AvgIpc) is 2.47. The number of nitrogens with zero attached hydrogens (tertiary/aromatic N) is 2. The quantitative estimate of drug-likeness (QED) is 0.616. The fourth-order valence-corrected chi connectivity index (χ4v) is 3.27. The summed E-state index contributed by atoms with van der Waals surface area (Å²) in [6.45, 7) is 0. The molecular weight excluding hydrogens is 312 g/mol. The minimum Gasteiger partial charge on any atom is -0.258 e. The number of rotatable bonds is 5. The maximum Gasteiger partial charge on any atom is 0.280 e. The van der Waals surface area contributed by atoms with Gasteiger partial charge in [-0.3, -0.25) is 20.2 Å². The van der Waals surface area contributed by atoms with E-state index in [1.165, 1.54) is 24.3 Å². The van der Waals surface area contributed by atoms with Crippen LogP contribution < -0.4 is 0 Å². The zero-order valence-electron chi connectivity index (χ0n) is 11.1. The predicted octanol–water partition coefficient (Wildman–Crippen LogP) is 2.48. The third-order valence-electron chi connectivity index (χ3n) is 2.92. The van der Waals surface area contributed by atoms with Crippen molar-refractivity contribution in [1.29, 1.82) is 0 Å². The van der Waals surface area contributed by atoms with Gasteiger partial charge < -0.3 is 0 Å². The third-order valence-corrected chi connectivity index (χ3v) is 4.61. The summed E-state index contributed by atoms with van der Waals surface area (Å²) in [6.07, 6.45) is 0. The van der Waals surface area contributed by atoms with Crippen molar-refractivity contribution in [3.63, 3.8) is 0 Å². The summed E-state index contributed by atoms with van der Waals surface area (Å²) in [6, 6.07) is 10.4. The van der Waals surface area contributed by atoms with Gasteiger partial charge in [0.05, 0.1) is 26.6 Å². The van der Waals surface area contributed by atoms with Gasteiger partial charge in [0.1, 0.15) is 0 Å². The highest BCUT2D eigenvalue weighted by molar-refractivity contribution is 7.90. The van der Waals surface area contributed by atoms with Gasteiger partial charge in [0.2, 0.25) is 0 Å². The van der Waals surface area contributed by atoms with Crippen LogP contribution in [-0.4, -0.2) is 18.3 Å². The van der Waals surface area contributed by atoms with Crippen molar-refractivity contribution in [3.8, 4) is 0 Å². The summed E-state index contributed by atoms with van der Waals surface area (Å²) in [5, 5.41) is 21.7. The monoisotopic (exact) mass is 322 g/mol. The first-order valence-electron chi connectivity index (χ1n) is 6.01. The molecule has 0 fully saturated rings. The zero-order valence-corrected chi connectivity index (χ0v) is 11.9.